The van der Waals surface area contributed by atoms with E-state index in [2.05, 4.69) is 5.32 Å². The lowest BCUT2D eigenvalue weighted by Gasteiger charge is -2.08. The molecule has 0 bridgehead atoms. The van der Waals surface area contributed by atoms with Crippen molar-refractivity contribution in [2.24, 2.45) is 0 Å². The number of ether oxygens (including phenoxy) is 1. The second-order valence-corrected chi connectivity index (χ2v) is 6.19. The van der Waals surface area contributed by atoms with Crippen LogP contribution >= 0.6 is 11.6 Å². The highest BCUT2D eigenvalue weighted by atomic mass is 35.5. The van der Waals surface area contributed by atoms with Crippen LogP contribution in [0.1, 0.15) is 6.92 Å². The van der Waals surface area contributed by atoms with Gasteiger partial charge in [0, 0.05) is 11.6 Å². The Kier molecular flexibility index (Phi) is 5.63. The van der Waals surface area contributed by atoms with Crippen LogP contribution in [0.2, 0.25) is 5.02 Å². The summed E-state index contributed by atoms with van der Waals surface area (Å²) in [4.78, 5) is 24.7. The average Bonchev–Trinajstić information content (AvgIpc) is 2.91. The highest BCUT2D eigenvalue weighted by Crippen LogP contribution is 2.15. The molecule has 0 unspecified atom stereocenters. The molecule has 6 nitrogen and oxygen atoms in total. The van der Waals surface area contributed by atoms with Crippen molar-refractivity contribution in [3.8, 4) is 5.75 Å². The maximum Gasteiger partial charge on any atom is 0.329 e. The third-order valence-electron chi connectivity index (χ3n) is 4.05. The number of para-hydroxylation sites is 2. The molecule has 136 valence electrons. The third-order valence-corrected chi connectivity index (χ3v) is 4.30. The van der Waals surface area contributed by atoms with Gasteiger partial charge in [-0.1, -0.05) is 23.7 Å². The fourth-order valence-electron chi connectivity index (χ4n) is 2.82. The molecule has 0 aliphatic carbocycles. The zero-order valence-corrected chi connectivity index (χ0v) is 15.2. The molecule has 0 spiro atoms. The molecule has 26 heavy (non-hydrogen) atoms. The van der Waals surface area contributed by atoms with Gasteiger partial charge in [0.15, 0.2) is 0 Å². The largest absolute Gasteiger partial charge is 0.492 e. The van der Waals surface area contributed by atoms with Gasteiger partial charge >= 0.3 is 5.69 Å². The van der Waals surface area contributed by atoms with Gasteiger partial charge in [-0.3, -0.25) is 13.9 Å². The topological polar surface area (TPSA) is 65.3 Å². The van der Waals surface area contributed by atoms with E-state index in [4.69, 9.17) is 16.3 Å². The quantitative estimate of drug-likeness (QED) is 0.647. The normalized spacial score (nSPS) is 10.8. The number of fused-ring (bicyclic) bond motifs is 1. The first kappa shape index (κ1) is 18.1. The second-order valence-electron chi connectivity index (χ2n) is 5.75. The molecular weight excluding hydrogens is 354 g/mol. The van der Waals surface area contributed by atoms with E-state index < -0.39 is 0 Å². The van der Waals surface area contributed by atoms with E-state index in [0.29, 0.717) is 30.5 Å². The molecule has 0 atom stereocenters. The summed E-state index contributed by atoms with van der Waals surface area (Å²) in [6, 6.07) is 14.5. The fraction of sp³-hybridized carbons (Fsp3) is 0.263. The average molecular weight is 374 g/mol. The molecule has 0 saturated heterocycles. The summed E-state index contributed by atoms with van der Waals surface area (Å²) < 4.78 is 8.68. The van der Waals surface area contributed by atoms with Crippen LogP contribution in [0, 0.1) is 0 Å². The van der Waals surface area contributed by atoms with Crippen LogP contribution in [0.15, 0.2) is 53.3 Å². The van der Waals surface area contributed by atoms with Crippen molar-refractivity contribution in [3.63, 3.8) is 0 Å². The molecule has 0 aliphatic heterocycles. The first-order valence-corrected chi connectivity index (χ1v) is 8.81. The summed E-state index contributed by atoms with van der Waals surface area (Å²) in [5.41, 5.74) is 1.41. The summed E-state index contributed by atoms with van der Waals surface area (Å²) in [6.45, 7) is 3.13. The lowest BCUT2D eigenvalue weighted by Crippen LogP contribution is -2.35. The highest BCUT2D eigenvalue weighted by molar-refractivity contribution is 6.30. The van der Waals surface area contributed by atoms with Gasteiger partial charge in [-0.2, -0.15) is 0 Å². The number of halogens is 1. The highest BCUT2D eigenvalue weighted by Gasteiger charge is 2.14. The number of amides is 1. The SMILES string of the molecule is CCn1c(=O)n(CC(=O)NCCOc2ccc(Cl)cc2)c2ccccc21. The van der Waals surface area contributed by atoms with Crippen LogP contribution in [0.5, 0.6) is 5.75 Å². The van der Waals surface area contributed by atoms with Crippen molar-refractivity contribution in [2.75, 3.05) is 13.2 Å². The van der Waals surface area contributed by atoms with Crippen molar-refractivity contribution in [1.82, 2.24) is 14.5 Å². The van der Waals surface area contributed by atoms with E-state index >= 15 is 0 Å². The Morgan fingerprint density at radius 3 is 2.38 bits per heavy atom. The number of imidazole rings is 1. The molecule has 2 aromatic carbocycles. The van der Waals surface area contributed by atoms with Gasteiger partial charge in [-0.15, -0.1) is 0 Å². The molecule has 0 fully saturated rings. The van der Waals surface area contributed by atoms with Crippen molar-refractivity contribution in [2.45, 2.75) is 20.0 Å². The Labute approximate surface area is 155 Å². The molecule has 7 heteroatoms. The van der Waals surface area contributed by atoms with Crippen LogP contribution in [-0.4, -0.2) is 28.2 Å². The number of aryl methyl sites for hydroxylation is 1. The molecule has 3 aromatic rings. The van der Waals surface area contributed by atoms with E-state index in [0.717, 1.165) is 11.0 Å². The molecule has 3 rings (SSSR count). The number of hydrogen-bond acceptors (Lipinski definition) is 3. The Morgan fingerprint density at radius 1 is 1.08 bits per heavy atom. The summed E-state index contributed by atoms with van der Waals surface area (Å²) in [6.07, 6.45) is 0. The zero-order chi connectivity index (χ0) is 18.5. The number of carbonyl (C=O) groups is 1. The van der Waals surface area contributed by atoms with Crippen molar-refractivity contribution in [3.05, 3.63) is 64.0 Å². The third kappa shape index (κ3) is 3.91. The van der Waals surface area contributed by atoms with Crippen LogP contribution in [-0.2, 0) is 17.9 Å². The standard InChI is InChI=1S/C19H20ClN3O3/c1-2-22-16-5-3-4-6-17(16)23(19(22)25)13-18(24)21-11-12-26-15-9-7-14(20)8-10-15/h3-10H,2,11-13H2,1H3,(H,21,24). The van der Waals surface area contributed by atoms with Gasteiger partial charge in [0.1, 0.15) is 18.9 Å². The first-order valence-electron chi connectivity index (χ1n) is 8.43. The van der Waals surface area contributed by atoms with Gasteiger partial charge in [0.2, 0.25) is 5.91 Å². The predicted octanol–water partition coefficient (Wildman–Crippen LogP) is 2.67. The molecule has 0 radical (unpaired) electrons. The minimum atomic E-state index is -0.231. The van der Waals surface area contributed by atoms with Crippen LogP contribution in [0.4, 0.5) is 0 Å². The van der Waals surface area contributed by atoms with Crippen LogP contribution in [0.3, 0.4) is 0 Å². The fourth-order valence-corrected chi connectivity index (χ4v) is 2.95. The Morgan fingerprint density at radius 2 is 1.73 bits per heavy atom. The predicted molar refractivity (Wildman–Crippen MR) is 102 cm³/mol. The zero-order valence-electron chi connectivity index (χ0n) is 14.4. The van der Waals surface area contributed by atoms with Crippen molar-refractivity contribution in [1.29, 1.82) is 0 Å². The van der Waals surface area contributed by atoms with E-state index in [-0.39, 0.29) is 18.1 Å². The van der Waals surface area contributed by atoms with Gasteiger partial charge in [0.05, 0.1) is 17.6 Å². The first-order chi connectivity index (χ1) is 12.6. The lowest BCUT2D eigenvalue weighted by atomic mass is 10.3. The summed E-state index contributed by atoms with van der Waals surface area (Å²) in [7, 11) is 0. The molecule has 0 aliphatic rings. The van der Waals surface area contributed by atoms with E-state index in [1.165, 1.54) is 4.57 Å². The summed E-state index contributed by atoms with van der Waals surface area (Å²) in [5.74, 6) is 0.455. The maximum atomic E-state index is 12.5. The number of carbonyl (C=O) groups excluding carboxylic acids is 1. The Hall–Kier alpha value is -2.73. The molecule has 1 N–H and O–H groups in total. The number of aromatic nitrogens is 2. The Balaban J connectivity index is 1.58. The summed E-state index contributed by atoms with van der Waals surface area (Å²) in [5, 5.41) is 3.41. The number of nitrogens with zero attached hydrogens (tertiary/aromatic N) is 2. The van der Waals surface area contributed by atoms with Gasteiger partial charge in [-0.25, -0.2) is 4.79 Å². The minimum absolute atomic E-state index is 0.0205. The maximum absolute atomic E-state index is 12.5. The van der Waals surface area contributed by atoms with Crippen molar-refractivity contribution < 1.29 is 9.53 Å². The molecule has 0 saturated carbocycles. The molecule has 1 heterocycles. The van der Waals surface area contributed by atoms with Gasteiger partial charge in [0.25, 0.3) is 0 Å². The van der Waals surface area contributed by atoms with Crippen LogP contribution in [0.25, 0.3) is 11.0 Å². The second kappa shape index (κ2) is 8.10. The number of benzene rings is 2. The number of rotatable bonds is 7. The number of hydrogen-bond donors (Lipinski definition) is 1. The molecule has 1 amide bonds. The van der Waals surface area contributed by atoms with E-state index in [1.807, 2.05) is 31.2 Å². The van der Waals surface area contributed by atoms with Crippen LogP contribution < -0.4 is 15.7 Å². The van der Waals surface area contributed by atoms with Gasteiger partial charge < -0.3 is 10.1 Å². The lowest BCUT2D eigenvalue weighted by molar-refractivity contribution is -0.121. The van der Waals surface area contributed by atoms with E-state index in [1.54, 1.807) is 28.8 Å². The molecule has 1 aromatic heterocycles. The van der Waals surface area contributed by atoms with Gasteiger partial charge in [-0.05, 0) is 43.3 Å². The monoisotopic (exact) mass is 373 g/mol. The smallest absolute Gasteiger partial charge is 0.329 e. The number of nitrogens with one attached hydrogen (secondary N) is 1. The van der Waals surface area contributed by atoms with E-state index in [9.17, 15) is 9.59 Å². The summed E-state index contributed by atoms with van der Waals surface area (Å²) >= 11 is 5.82. The minimum Gasteiger partial charge on any atom is -0.492 e. The Bertz CT molecular complexity index is 960. The molecular formula is C19H20ClN3O3. The van der Waals surface area contributed by atoms with Crippen molar-refractivity contribution >= 4 is 28.5 Å².